The molecule has 0 aliphatic heterocycles. The van der Waals surface area contributed by atoms with Crippen LogP contribution in [0.5, 0.6) is 0 Å². The van der Waals surface area contributed by atoms with E-state index in [1.165, 1.54) is 0 Å². The Morgan fingerprint density at radius 1 is 1.58 bits per heavy atom. The molecular weight excluding hydrogens is 152 g/mol. The lowest BCUT2D eigenvalue weighted by Gasteiger charge is -1.98. The Balaban J connectivity index is 3.21. The fraction of sp³-hybridized carbons (Fsp3) is 0.111. The largest absolute Gasteiger partial charge is 0.366 e. The quantitative estimate of drug-likeness (QED) is 0.665. The van der Waals surface area contributed by atoms with Crippen molar-refractivity contribution < 1.29 is 4.79 Å². The molecule has 0 saturated carbocycles. The van der Waals surface area contributed by atoms with E-state index in [0.717, 1.165) is 5.56 Å². The summed E-state index contributed by atoms with van der Waals surface area (Å²) in [5.41, 5.74) is 6.83. The average Bonchev–Trinajstić information content (AvgIpc) is 2.04. The Labute approximate surface area is 70.4 Å². The standard InChI is InChI=1S/C9H8N2O/c1-6-4-7(9(11)12)2-3-8(6)5-10/h2-4H,1H3,(H2,11,12). The zero-order chi connectivity index (χ0) is 9.14. The lowest BCUT2D eigenvalue weighted by molar-refractivity contribution is 0.1000. The summed E-state index contributed by atoms with van der Waals surface area (Å²) < 4.78 is 0. The lowest BCUT2D eigenvalue weighted by atomic mass is 10.1. The van der Waals surface area contributed by atoms with Crippen molar-refractivity contribution in [2.45, 2.75) is 6.92 Å². The molecule has 0 spiro atoms. The van der Waals surface area contributed by atoms with Gasteiger partial charge >= 0.3 is 0 Å². The van der Waals surface area contributed by atoms with E-state index < -0.39 is 5.91 Å². The Hall–Kier alpha value is -1.82. The van der Waals surface area contributed by atoms with E-state index in [0.29, 0.717) is 11.1 Å². The molecule has 3 nitrogen and oxygen atoms in total. The average molecular weight is 160 g/mol. The minimum Gasteiger partial charge on any atom is -0.366 e. The molecule has 12 heavy (non-hydrogen) atoms. The fourth-order valence-electron chi connectivity index (χ4n) is 0.942. The van der Waals surface area contributed by atoms with E-state index in [4.69, 9.17) is 11.0 Å². The predicted molar refractivity (Wildman–Crippen MR) is 44.4 cm³/mol. The van der Waals surface area contributed by atoms with Crippen LogP contribution in [-0.2, 0) is 0 Å². The normalized spacial score (nSPS) is 9.00. The van der Waals surface area contributed by atoms with Crippen LogP contribution in [0.3, 0.4) is 0 Å². The summed E-state index contributed by atoms with van der Waals surface area (Å²) in [6.45, 7) is 1.77. The van der Waals surface area contributed by atoms with Gasteiger partial charge in [0.15, 0.2) is 0 Å². The van der Waals surface area contributed by atoms with Crippen molar-refractivity contribution in [3.63, 3.8) is 0 Å². The number of nitrogens with two attached hydrogens (primary N) is 1. The molecule has 60 valence electrons. The van der Waals surface area contributed by atoms with Crippen LogP contribution in [0, 0.1) is 18.3 Å². The van der Waals surface area contributed by atoms with Crippen molar-refractivity contribution in [2.75, 3.05) is 0 Å². The highest BCUT2D eigenvalue weighted by atomic mass is 16.1. The zero-order valence-electron chi connectivity index (χ0n) is 6.66. The van der Waals surface area contributed by atoms with E-state index in [9.17, 15) is 4.79 Å². The maximum absolute atomic E-state index is 10.7. The van der Waals surface area contributed by atoms with Crippen LogP contribution in [0.15, 0.2) is 18.2 Å². The molecule has 0 fully saturated rings. The van der Waals surface area contributed by atoms with E-state index in [1.807, 2.05) is 6.07 Å². The number of hydrogen-bond donors (Lipinski definition) is 1. The molecule has 1 aromatic carbocycles. The topological polar surface area (TPSA) is 66.9 Å². The highest BCUT2D eigenvalue weighted by Gasteiger charge is 2.02. The lowest BCUT2D eigenvalue weighted by Crippen LogP contribution is -2.10. The molecule has 0 atom stereocenters. The van der Waals surface area contributed by atoms with E-state index in [2.05, 4.69) is 0 Å². The highest BCUT2D eigenvalue weighted by molar-refractivity contribution is 5.93. The maximum atomic E-state index is 10.7. The summed E-state index contributed by atoms with van der Waals surface area (Å²) in [7, 11) is 0. The Morgan fingerprint density at radius 2 is 2.25 bits per heavy atom. The first-order valence-electron chi connectivity index (χ1n) is 3.45. The van der Waals surface area contributed by atoms with Gasteiger partial charge in [-0.1, -0.05) is 0 Å². The summed E-state index contributed by atoms with van der Waals surface area (Å²) >= 11 is 0. The number of rotatable bonds is 1. The minimum atomic E-state index is -0.470. The molecule has 1 amide bonds. The molecule has 2 N–H and O–H groups in total. The first-order valence-corrected chi connectivity index (χ1v) is 3.45. The van der Waals surface area contributed by atoms with Gasteiger partial charge in [0.1, 0.15) is 0 Å². The van der Waals surface area contributed by atoms with Crippen molar-refractivity contribution in [2.24, 2.45) is 5.73 Å². The van der Waals surface area contributed by atoms with Gasteiger partial charge in [-0.2, -0.15) is 5.26 Å². The molecule has 3 heteroatoms. The number of aryl methyl sites for hydroxylation is 1. The van der Waals surface area contributed by atoms with E-state index in [1.54, 1.807) is 25.1 Å². The molecule has 0 bridgehead atoms. The van der Waals surface area contributed by atoms with E-state index in [-0.39, 0.29) is 0 Å². The van der Waals surface area contributed by atoms with Gasteiger partial charge in [0.25, 0.3) is 0 Å². The molecule has 0 saturated heterocycles. The van der Waals surface area contributed by atoms with Gasteiger partial charge in [-0.05, 0) is 30.7 Å². The monoisotopic (exact) mass is 160 g/mol. The Kier molecular flexibility index (Phi) is 2.11. The van der Waals surface area contributed by atoms with Crippen molar-refractivity contribution >= 4 is 5.91 Å². The van der Waals surface area contributed by atoms with Crippen molar-refractivity contribution in [3.05, 3.63) is 34.9 Å². The second-order valence-electron chi connectivity index (χ2n) is 2.51. The molecule has 1 aromatic rings. The second-order valence-corrected chi connectivity index (χ2v) is 2.51. The van der Waals surface area contributed by atoms with Crippen LogP contribution in [-0.4, -0.2) is 5.91 Å². The minimum absolute atomic E-state index is 0.437. The molecule has 0 aliphatic rings. The summed E-state index contributed by atoms with van der Waals surface area (Å²) in [5, 5.41) is 8.58. The summed E-state index contributed by atoms with van der Waals surface area (Å²) in [4.78, 5) is 10.7. The second kappa shape index (κ2) is 3.05. The third-order valence-electron chi connectivity index (χ3n) is 1.63. The maximum Gasteiger partial charge on any atom is 0.248 e. The van der Waals surface area contributed by atoms with Crippen LogP contribution in [0.2, 0.25) is 0 Å². The first-order chi connectivity index (χ1) is 5.65. The number of amides is 1. The number of primary amides is 1. The molecule has 0 aliphatic carbocycles. The van der Waals surface area contributed by atoms with Gasteiger partial charge in [-0.3, -0.25) is 4.79 Å². The third kappa shape index (κ3) is 1.43. The van der Waals surface area contributed by atoms with E-state index >= 15 is 0 Å². The number of carbonyl (C=O) groups is 1. The SMILES string of the molecule is Cc1cc(C(N)=O)ccc1C#N. The molecule has 0 radical (unpaired) electrons. The van der Waals surface area contributed by atoms with Gasteiger partial charge in [0, 0.05) is 5.56 Å². The predicted octanol–water partition coefficient (Wildman–Crippen LogP) is 0.966. The van der Waals surface area contributed by atoms with Gasteiger partial charge in [0.05, 0.1) is 11.6 Å². The number of hydrogen-bond acceptors (Lipinski definition) is 2. The Bertz CT molecular complexity index is 363. The first kappa shape index (κ1) is 8.28. The number of nitrogens with zero attached hydrogens (tertiary/aromatic N) is 1. The third-order valence-corrected chi connectivity index (χ3v) is 1.63. The Morgan fingerprint density at radius 3 is 2.67 bits per heavy atom. The molecule has 0 unspecified atom stereocenters. The molecular formula is C9H8N2O. The molecule has 0 aromatic heterocycles. The van der Waals surface area contributed by atoms with Gasteiger partial charge in [-0.15, -0.1) is 0 Å². The van der Waals surface area contributed by atoms with Crippen LogP contribution >= 0.6 is 0 Å². The number of carbonyl (C=O) groups excluding carboxylic acids is 1. The number of benzene rings is 1. The summed E-state index contributed by atoms with van der Waals surface area (Å²) in [6, 6.07) is 6.76. The van der Waals surface area contributed by atoms with Crippen LogP contribution in [0.4, 0.5) is 0 Å². The van der Waals surface area contributed by atoms with Crippen LogP contribution in [0.1, 0.15) is 21.5 Å². The van der Waals surface area contributed by atoms with Gasteiger partial charge in [-0.25, -0.2) is 0 Å². The van der Waals surface area contributed by atoms with Crippen molar-refractivity contribution in [1.29, 1.82) is 5.26 Å². The van der Waals surface area contributed by atoms with Gasteiger partial charge < -0.3 is 5.73 Å². The van der Waals surface area contributed by atoms with Crippen molar-refractivity contribution in [1.82, 2.24) is 0 Å². The van der Waals surface area contributed by atoms with Crippen molar-refractivity contribution in [3.8, 4) is 6.07 Å². The zero-order valence-corrected chi connectivity index (χ0v) is 6.66. The number of nitriles is 1. The van der Waals surface area contributed by atoms with Crippen LogP contribution < -0.4 is 5.73 Å². The smallest absolute Gasteiger partial charge is 0.248 e. The molecule has 0 heterocycles. The van der Waals surface area contributed by atoms with Gasteiger partial charge in [0.2, 0.25) is 5.91 Å². The fourth-order valence-corrected chi connectivity index (χ4v) is 0.942. The molecule has 1 rings (SSSR count). The summed E-state index contributed by atoms with van der Waals surface area (Å²) in [6.07, 6.45) is 0. The summed E-state index contributed by atoms with van der Waals surface area (Å²) in [5.74, 6) is -0.470. The highest BCUT2D eigenvalue weighted by Crippen LogP contribution is 2.08. The van der Waals surface area contributed by atoms with Crippen LogP contribution in [0.25, 0.3) is 0 Å².